The third-order valence-corrected chi connectivity index (χ3v) is 2.62. The van der Waals surface area contributed by atoms with Gasteiger partial charge in [-0.3, -0.25) is 4.98 Å². The summed E-state index contributed by atoms with van der Waals surface area (Å²) in [6.45, 7) is 0. The van der Waals surface area contributed by atoms with Crippen molar-refractivity contribution in [2.24, 2.45) is 0 Å². The lowest BCUT2D eigenvalue weighted by atomic mass is 10.0. The van der Waals surface area contributed by atoms with Crippen LogP contribution in [0.2, 0.25) is 0 Å². The third-order valence-electron chi connectivity index (χ3n) is 2.62. The normalized spacial score (nSPS) is 9.56. The molecule has 0 bridgehead atoms. The zero-order valence-electron chi connectivity index (χ0n) is 9.74. The van der Waals surface area contributed by atoms with Crippen molar-refractivity contribution in [3.05, 3.63) is 65.5 Å². The van der Waals surface area contributed by atoms with Crippen LogP contribution in [-0.2, 0) is 12.8 Å². The van der Waals surface area contributed by atoms with E-state index in [1.54, 1.807) is 18.3 Å². The summed E-state index contributed by atoms with van der Waals surface area (Å²) in [4.78, 5) is 15.2. The number of carboxylic acid groups (broad SMARTS) is 1. The lowest BCUT2D eigenvalue weighted by Crippen LogP contribution is -2.03. The highest BCUT2D eigenvalue weighted by atomic mass is 35.5. The summed E-state index contributed by atoms with van der Waals surface area (Å²) in [7, 11) is 0. The van der Waals surface area contributed by atoms with E-state index in [2.05, 4.69) is 4.98 Å². The fourth-order valence-corrected chi connectivity index (χ4v) is 1.76. The molecule has 4 heteroatoms. The molecule has 1 heterocycles. The van der Waals surface area contributed by atoms with Crippen LogP contribution in [0.25, 0.3) is 0 Å². The molecule has 0 aliphatic heterocycles. The predicted octanol–water partition coefficient (Wildman–Crippen LogP) is 2.99. The Morgan fingerprint density at radius 1 is 1.06 bits per heavy atom. The van der Waals surface area contributed by atoms with Gasteiger partial charge in [-0.25, -0.2) is 4.79 Å². The van der Waals surface area contributed by atoms with E-state index in [0.717, 1.165) is 17.7 Å². The first-order chi connectivity index (χ1) is 8.27. The first kappa shape index (κ1) is 14.2. The number of nitrogens with zero attached hydrogens (tertiary/aromatic N) is 1. The molecule has 1 aromatic carbocycles. The molecular weight excluding hydrogens is 250 g/mol. The van der Waals surface area contributed by atoms with Crippen LogP contribution >= 0.6 is 12.4 Å². The maximum atomic E-state index is 11.0. The predicted molar refractivity (Wildman–Crippen MR) is 72.3 cm³/mol. The second kappa shape index (κ2) is 6.77. The molecule has 0 fully saturated rings. The number of hydrogen-bond donors (Lipinski definition) is 1. The van der Waals surface area contributed by atoms with E-state index < -0.39 is 5.97 Å². The second-order valence-corrected chi connectivity index (χ2v) is 3.78. The number of pyridine rings is 1. The number of halogens is 1. The number of rotatable bonds is 4. The summed E-state index contributed by atoms with van der Waals surface area (Å²) in [6, 6.07) is 12.8. The minimum Gasteiger partial charge on any atom is -0.478 e. The Balaban J connectivity index is 0.00000162. The zero-order chi connectivity index (χ0) is 12.1. The molecule has 0 radical (unpaired) electrons. The molecule has 0 amide bonds. The average Bonchev–Trinajstić information content (AvgIpc) is 2.38. The molecule has 1 aromatic heterocycles. The topological polar surface area (TPSA) is 50.2 Å². The van der Waals surface area contributed by atoms with Gasteiger partial charge in [-0.05, 0) is 36.6 Å². The smallest absolute Gasteiger partial charge is 0.335 e. The van der Waals surface area contributed by atoms with Crippen LogP contribution in [-0.4, -0.2) is 16.1 Å². The standard InChI is InChI=1S/C14H13NO2.ClH/c16-14(17)13-7-2-1-5-11(13)8-9-12-6-3-4-10-15-12;/h1-7,10H,8-9H2,(H,16,17);1H. The van der Waals surface area contributed by atoms with Crippen molar-refractivity contribution in [1.82, 2.24) is 4.98 Å². The van der Waals surface area contributed by atoms with Gasteiger partial charge in [-0.15, -0.1) is 12.4 Å². The van der Waals surface area contributed by atoms with Crippen molar-refractivity contribution in [3.63, 3.8) is 0 Å². The Bertz CT molecular complexity index is 514. The molecule has 0 unspecified atom stereocenters. The molecule has 3 nitrogen and oxygen atoms in total. The van der Waals surface area contributed by atoms with Gasteiger partial charge in [0.05, 0.1) is 5.56 Å². The first-order valence-corrected chi connectivity index (χ1v) is 5.48. The number of carboxylic acids is 1. The van der Waals surface area contributed by atoms with Crippen molar-refractivity contribution in [2.75, 3.05) is 0 Å². The van der Waals surface area contributed by atoms with E-state index in [-0.39, 0.29) is 12.4 Å². The Kier molecular flexibility index (Phi) is 5.33. The van der Waals surface area contributed by atoms with Gasteiger partial charge in [-0.1, -0.05) is 24.3 Å². The molecule has 0 spiro atoms. The highest BCUT2D eigenvalue weighted by Gasteiger charge is 2.08. The summed E-state index contributed by atoms with van der Waals surface area (Å²) in [6.07, 6.45) is 3.20. The SMILES string of the molecule is Cl.O=C(O)c1ccccc1CCc1ccccn1. The van der Waals surface area contributed by atoms with Gasteiger partial charge in [0.2, 0.25) is 0 Å². The number of benzene rings is 1. The van der Waals surface area contributed by atoms with Crippen molar-refractivity contribution >= 4 is 18.4 Å². The molecule has 18 heavy (non-hydrogen) atoms. The van der Waals surface area contributed by atoms with E-state index in [4.69, 9.17) is 5.11 Å². The van der Waals surface area contributed by atoms with E-state index in [1.807, 2.05) is 30.3 Å². The first-order valence-electron chi connectivity index (χ1n) is 5.48. The Labute approximate surface area is 112 Å². The fourth-order valence-electron chi connectivity index (χ4n) is 1.76. The minimum atomic E-state index is -0.873. The summed E-state index contributed by atoms with van der Waals surface area (Å²) in [5.74, 6) is -0.873. The van der Waals surface area contributed by atoms with Gasteiger partial charge in [0.25, 0.3) is 0 Å². The molecular formula is C14H14ClNO2. The van der Waals surface area contributed by atoms with E-state index in [0.29, 0.717) is 12.0 Å². The fraction of sp³-hybridized carbons (Fsp3) is 0.143. The molecule has 1 N–H and O–H groups in total. The van der Waals surface area contributed by atoms with Crippen LogP contribution in [0.1, 0.15) is 21.6 Å². The zero-order valence-corrected chi connectivity index (χ0v) is 10.6. The van der Waals surface area contributed by atoms with Crippen LogP contribution < -0.4 is 0 Å². The second-order valence-electron chi connectivity index (χ2n) is 3.78. The summed E-state index contributed by atoms with van der Waals surface area (Å²) in [5, 5.41) is 9.05. The van der Waals surface area contributed by atoms with Gasteiger partial charge >= 0.3 is 5.97 Å². The Hall–Kier alpha value is -1.87. The number of hydrogen-bond acceptors (Lipinski definition) is 2. The van der Waals surface area contributed by atoms with Crippen LogP contribution in [0.4, 0.5) is 0 Å². The highest BCUT2D eigenvalue weighted by molar-refractivity contribution is 5.89. The van der Waals surface area contributed by atoms with Crippen molar-refractivity contribution in [3.8, 4) is 0 Å². The van der Waals surface area contributed by atoms with Crippen molar-refractivity contribution < 1.29 is 9.90 Å². The van der Waals surface area contributed by atoms with Crippen molar-refractivity contribution in [2.45, 2.75) is 12.8 Å². The van der Waals surface area contributed by atoms with Crippen LogP contribution in [0.5, 0.6) is 0 Å². The molecule has 0 atom stereocenters. The van der Waals surface area contributed by atoms with E-state index in [1.165, 1.54) is 0 Å². The van der Waals surface area contributed by atoms with Crippen LogP contribution in [0.3, 0.4) is 0 Å². The summed E-state index contributed by atoms with van der Waals surface area (Å²) in [5.41, 5.74) is 2.21. The minimum absolute atomic E-state index is 0. The van der Waals surface area contributed by atoms with Gasteiger partial charge in [0.15, 0.2) is 0 Å². The van der Waals surface area contributed by atoms with Gasteiger partial charge in [-0.2, -0.15) is 0 Å². The van der Waals surface area contributed by atoms with Gasteiger partial charge in [0.1, 0.15) is 0 Å². The highest BCUT2D eigenvalue weighted by Crippen LogP contribution is 2.11. The monoisotopic (exact) mass is 263 g/mol. The van der Waals surface area contributed by atoms with Crippen LogP contribution in [0.15, 0.2) is 48.7 Å². The number of aromatic nitrogens is 1. The molecule has 94 valence electrons. The number of aryl methyl sites for hydroxylation is 2. The molecule has 0 saturated carbocycles. The van der Waals surface area contributed by atoms with Crippen LogP contribution in [0, 0.1) is 0 Å². The molecule has 0 aliphatic rings. The maximum Gasteiger partial charge on any atom is 0.335 e. The largest absolute Gasteiger partial charge is 0.478 e. The quantitative estimate of drug-likeness (QED) is 0.923. The molecule has 2 aromatic rings. The number of aromatic carboxylic acids is 1. The maximum absolute atomic E-state index is 11.0. The molecule has 0 saturated heterocycles. The molecule has 0 aliphatic carbocycles. The third kappa shape index (κ3) is 3.57. The summed E-state index contributed by atoms with van der Waals surface area (Å²) < 4.78 is 0. The lowest BCUT2D eigenvalue weighted by Gasteiger charge is -2.05. The number of carbonyl (C=O) groups is 1. The van der Waals surface area contributed by atoms with Gasteiger partial charge in [0, 0.05) is 11.9 Å². The molecule has 2 rings (SSSR count). The average molecular weight is 264 g/mol. The summed E-state index contributed by atoms with van der Waals surface area (Å²) >= 11 is 0. The van der Waals surface area contributed by atoms with E-state index in [9.17, 15) is 4.79 Å². The Morgan fingerprint density at radius 2 is 1.78 bits per heavy atom. The Morgan fingerprint density at radius 3 is 2.44 bits per heavy atom. The van der Waals surface area contributed by atoms with Gasteiger partial charge < -0.3 is 5.11 Å². The van der Waals surface area contributed by atoms with E-state index >= 15 is 0 Å². The van der Waals surface area contributed by atoms with Crippen molar-refractivity contribution in [1.29, 1.82) is 0 Å². The lowest BCUT2D eigenvalue weighted by molar-refractivity contribution is 0.0695.